The normalized spacial score (nSPS) is 17.7. The Morgan fingerprint density at radius 3 is 2.36 bits per heavy atom. The molecule has 4 heterocycles. The summed E-state index contributed by atoms with van der Waals surface area (Å²) in [6, 6.07) is 4.64. The molecule has 0 amide bonds. The van der Waals surface area contributed by atoms with Gasteiger partial charge < -0.3 is 15.7 Å². The molecule has 1 aromatic carbocycles. The second-order valence-electron chi connectivity index (χ2n) is 11.9. The standard InChI is InChI=1S/C33H32Cl2F3N7O2/c1-7-21(46)44-16(5)12-43(13-17(44)6)31-18-10-20(34)29(22-23(35)25(37)26(38)27(40)24(22)36)42-32(18)45(33(47)19(31)11-39)30-15(4)8-9-41-28(30)14(2)3/h7-10,14,16-17,21,46H,1,12-13,40H2,2-6H3/t16-,17+,21?. The number of anilines is 2. The minimum Gasteiger partial charge on any atom is -0.394 e. The minimum absolute atomic E-state index is 0.0611. The predicted octanol–water partition coefficient (Wildman–Crippen LogP) is 6.46. The van der Waals surface area contributed by atoms with Gasteiger partial charge in [-0.05, 0) is 50.5 Å². The first-order valence-electron chi connectivity index (χ1n) is 14.8. The van der Waals surface area contributed by atoms with Gasteiger partial charge >= 0.3 is 0 Å². The lowest BCUT2D eigenvalue weighted by atomic mass is 10.0. The van der Waals surface area contributed by atoms with Gasteiger partial charge in [-0.3, -0.25) is 19.2 Å². The summed E-state index contributed by atoms with van der Waals surface area (Å²) in [5, 5.41) is 20.2. The molecule has 1 saturated heterocycles. The van der Waals surface area contributed by atoms with Crippen LogP contribution in [0.1, 0.15) is 50.4 Å². The van der Waals surface area contributed by atoms with Crippen LogP contribution in [0.15, 0.2) is 35.8 Å². The van der Waals surface area contributed by atoms with Crippen molar-refractivity contribution in [3.05, 3.63) is 85.7 Å². The maximum absolute atomic E-state index is 15.5. The molecule has 47 heavy (non-hydrogen) atoms. The molecule has 246 valence electrons. The highest BCUT2D eigenvalue weighted by molar-refractivity contribution is 6.37. The Bertz CT molecular complexity index is 2010. The van der Waals surface area contributed by atoms with E-state index in [0.717, 1.165) is 0 Å². The third kappa shape index (κ3) is 5.51. The quantitative estimate of drug-likeness (QED) is 0.103. The molecule has 1 aliphatic rings. The van der Waals surface area contributed by atoms with Crippen LogP contribution >= 0.6 is 23.2 Å². The van der Waals surface area contributed by atoms with Crippen molar-refractivity contribution in [2.75, 3.05) is 23.7 Å². The summed E-state index contributed by atoms with van der Waals surface area (Å²) in [6.45, 7) is 13.6. The van der Waals surface area contributed by atoms with Crippen LogP contribution < -0.4 is 16.2 Å². The Morgan fingerprint density at radius 2 is 1.79 bits per heavy atom. The lowest BCUT2D eigenvalue weighted by Gasteiger charge is -2.47. The van der Waals surface area contributed by atoms with Crippen molar-refractivity contribution >= 4 is 45.6 Å². The van der Waals surface area contributed by atoms with Crippen LogP contribution in [0.25, 0.3) is 28.0 Å². The van der Waals surface area contributed by atoms with Gasteiger partial charge in [0.05, 0.1) is 38.4 Å². The molecule has 3 atom stereocenters. The molecular weight excluding hydrogens is 654 g/mol. The lowest BCUT2D eigenvalue weighted by Crippen LogP contribution is -2.60. The number of halogens is 5. The zero-order chi connectivity index (χ0) is 34.6. The molecular formula is C33H32Cl2F3N7O2. The molecule has 3 N–H and O–H groups in total. The van der Waals surface area contributed by atoms with E-state index in [1.54, 1.807) is 19.2 Å². The van der Waals surface area contributed by atoms with Crippen LogP contribution in [0, 0.1) is 35.7 Å². The van der Waals surface area contributed by atoms with E-state index in [9.17, 15) is 23.9 Å². The Balaban J connectivity index is 1.94. The fourth-order valence-corrected chi connectivity index (χ4v) is 6.89. The van der Waals surface area contributed by atoms with Crippen molar-refractivity contribution in [1.29, 1.82) is 5.26 Å². The van der Waals surface area contributed by atoms with Crippen LogP contribution in [0.2, 0.25) is 10.0 Å². The maximum atomic E-state index is 15.5. The summed E-state index contributed by atoms with van der Waals surface area (Å²) in [7, 11) is 0. The molecule has 0 bridgehead atoms. The number of aromatic nitrogens is 3. The molecule has 14 heteroatoms. The summed E-state index contributed by atoms with van der Waals surface area (Å²) in [5.41, 5.74) is 4.03. The fourth-order valence-electron chi connectivity index (χ4n) is 6.39. The van der Waals surface area contributed by atoms with Gasteiger partial charge in [-0.25, -0.2) is 18.2 Å². The number of aliphatic hydroxyl groups is 1. The molecule has 0 spiro atoms. The van der Waals surface area contributed by atoms with Crippen LogP contribution in [-0.2, 0) is 0 Å². The first kappa shape index (κ1) is 34.2. The molecule has 9 nitrogen and oxygen atoms in total. The number of benzene rings is 1. The van der Waals surface area contributed by atoms with Gasteiger partial charge in [0, 0.05) is 36.8 Å². The monoisotopic (exact) mass is 685 g/mol. The molecule has 1 fully saturated rings. The van der Waals surface area contributed by atoms with Crippen LogP contribution in [0.5, 0.6) is 0 Å². The van der Waals surface area contributed by atoms with Crippen molar-refractivity contribution in [2.24, 2.45) is 0 Å². The van der Waals surface area contributed by atoms with E-state index in [0.29, 0.717) is 16.9 Å². The molecule has 3 aromatic heterocycles. The molecule has 1 unspecified atom stereocenters. The van der Waals surface area contributed by atoms with Gasteiger partial charge in [0.2, 0.25) is 0 Å². The predicted molar refractivity (Wildman–Crippen MR) is 178 cm³/mol. The Hall–Kier alpha value is -4.15. The summed E-state index contributed by atoms with van der Waals surface area (Å²) in [6.07, 6.45) is 2.09. The van der Waals surface area contributed by atoms with Gasteiger partial charge in [0.1, 0.15) is 29.2 Å². The highest BCUT2D eigenvalue weighted by Gasteiger charge is 2.36. The summed E-state index contributed by atoms with van der Waals surface area (Å²) < 4.78 is 45.9. The van der Waals surface area contributed by atoms with E-state index in [-0.39, 0.29) is 58.4 Å². The van der Waals surface area contributed by atoms with Gasteiger partial charge in [-0.1, -0.05) is 43.6 Å². The molecule has 0 aliphatic carbocycles. The maximum Gasteiger partial charge on any atom is 0.276 e. The summed E-state index contributed by atoms with van der Waals surface area (Å²) in [5.74, 6) is -4.83. The number of rotatable bonds is 6. The molecule has 0 saturated carbocycles. The van der Waals surface area contributed by atoms with Crippen LogP contribution in [0.4, 0.5) is 24.5 Å². The molecule has 0 radical (unpaired) electrons. The fraction of sp³-hybridized carbons (Fsp3) is 0.333. The first-order valence-corrected chi connectivity index (χ1v) is 15.5. The number of nitrogens with two attached hydrogens (primary N) is 1. The molecule has 1 aliphatic heterocycles. The first-order chi connectivity index (χ1) is 22.2. The highest BCUT2D eigenvalue weighted by Crippen LogP contribution is 2.43. The number of nitriles is 1. The largest absolute Gasteiger partial charge is 0.394 e. The number of pyridine rings is 3. The molecule has 5 rings (SSSR count). The third-order valence-electron chi connectivity index (χ3n) is 8.47. The van der Waals surface area contributed by atoms with Crippen molar-refractivity contribution in [3.8, 4) is 23.0 Å². The van der Waals surface area contributed by atoms with E-state index < -0.39 is 51.2 Å². The minimum atomic E-state index is -1.66. The topological polar surface area (TPSA) is 124 Å². The Morgan fingerprint density at radius 1 is 1.15 bits per heavy atom. The third-order valence-corrected chi connectivity index (χ3v) is 9.11. The zero-order valence-electron chi connectivity index (χ0n) is 26.2. The number of hydrogen-bond acceptors (Lipinski definition) is 8. The van der Waals surface area contributed by atoms with Crippen molar-refractivity contribution in [2.45, 2.75) is 58.8 Å². The van der Waals surface area contributed by atoms with Gasteiger partial charge in [-0.2, -0.15) is 5.26 Å². The second kappa shape index (κ2) is 12.8. The average molecular weight is 687 g/mol. The SMILES string of the molecule is C=CC(O)N1[C@H](C)CN(c2c(C#N)c(=O)n(-c3c(C)ccnc3C(C)C)c3nc(-c4c(F)c(N)c(F)c(F)c4Cl)c(Cl)cc23)C[C@@H]1C. The van der Waals surface area contributed by atoms with Crippen LogP contribution in [-0.4, -0.2) is 55.9 Å². The van der Waals surface area contributed by atoms with E-state index in [2.05, 4.69) is 22.6 Å². The highest BCUT2D eigenvalue weighted by atomic mass is 35.5. The van der Waals surface area contributed by atoms with Gasteiger partial charge in [0.15, 0.2) is 17.5 Å². The number of fused-ring (bicyclic) bond motifs is 1. The molecule has 4 aromatic rings. The van der Waals surface area contributed by atoms with Crippen LogP contribution in [0.3, 0.4) is 0 Å². The van der Waals surface area contributed by atoms with Gasteiger partial charge in [0.25, 0.3) is 5.56 Å². The average Bonchev–Trinajstić information content (AvgIpc) is 3.02. The Labute approximate surface area is 279 Å². The summed E-state index contributed by atoms with van der Waals surface area (Å²) in [4.78, 5) is 27.4. The second-order valence-corrected chi connectivity index (χ2v) is 12.7. The van der Waals surface area contributed by atoms with E-state index >= 15 is 4.39 Å². The summed E-state index contributed by atoms with van der Waals surface area (Å²) >= 11 is 12.9. The Kier molecular flexibility index (Phi) is 9.32. The number of hydrogen-bond donors (Lipinski definition) is 2. The van der Waals surface area contributed by atoms with Crippen molar-refractivity contribution < 1.29 is 18.3 Å². The van der Waals surface area contributed by atoms with E-state index in [4.69, 9.17) is 28.9 Å². The number of aryl methyl sites for hydroxylation is 1. The van der Waals surface area contributed by atoms with E-state index in [1.807, 2.05) is 37.5 Å². The number of aliphatic hydroxyl groups excluding tert-OH is 1. The van der Waals surface area contributed by atoms with Crippen molar-refractivity contribution in [1.82, 2.24) is 19.4 Å². The lowest BCUT2D eigenvalue weighted by molar-refractivity contribution is -0.0207. The smallest absolute Gasteiger partial charge is 0.276 e. The zero-order valence-corrected chi connectivity index (χ0v) is 27.8. The van der Waals surface area contributed by atoms with Gasteiger partial charge in [-0.15, -0.1) is 0 Å². The van der Waals surface area contributed by atoms with E-state index in [1.165, 1.54) is 16.7 Å². The number of piperazine rings is 1. The van der Waals surface area contributed by atoms with Crippen molar-refractivity contribution in [3.63, 3.8) is 0 Å². The number of nitrogens with zero attached hydrogens (tertiary/aromatic N) is 6. The number of nitrogen functional groups attached to an aromatic ring is 1.